The molecule has 1 aliphatic heterocycles. The molecular formula is C22H15Cl2NO4S. The minimum atomic E-state index is -3.92. The number of halogens is 2. The molecule has 5 nitrogen and oxygen atoms in total. The van der Waals surface area contributed by atoms with Gasteiger partial charge in [-0.2, -0.15) is 0 Å². The monoisotopic (exact) mass is 459 g/mol. The Morgan fingerprint density at radius 2 is 1.63 bits per heavy atom. The zero-order valence-corrected chi connectivity index (χ0v) is 18.0. The number of carbonyl (C=O) groups is 2. The fraction of sp³-hybridized carbons (Fsp3) is 0.0909. The highest BCUT2D eigenvalue weighted by atomic mass is 35.5. The number of benzene rings is 3. The topological polar surface area (TPSA) is 80.3 Å². The Morgan fingerprint density at radius 1 is 0.933 bits per heavy atom. The molecule has 1 atom stereocenters. The van der Waals surface area contributed by atoms with Crippen LogP contribution in [0.2, 0.25) is 10.0 Å². The number of nitrogens with one attached hydrogen (secondary N) is 1. The lowest BCUT2D eigenvalue weighted by Gasteiger charge is -2.20. The molecule has 1 aliphatic rings. The molecule has 1 N–H and O–H groups in total. The van der Waals surface area contributed by atoms with E-state index in [0.717, 1.165) is 0 Å². The first-order valence-electron chi connectivity index (χ1n) is 8.99. The molecule has 152 valence electrons. The van der Waals surface area contributed by atoms with E-state index in [-0.39, 0.29) is 32.3 Å². The highest BCUT2D eigenvalue weighted by Gasteiger charge is 2.35. The van der Waals surface area contributed by atoms with Gasteiger partial charge >= 0.3 is 0 Å². The van der Waals surface area contributed by atoms with Gasteiger partial charge in [-0.1, -0.05) is 41.4 Å². The molecule has 0 aromatic heterocycles. The summed E-state index contributed by atoms with van der Waals surface area (Å²) in [5.74, 6) is -0.874. The van der Waals surface area contributed by atoms with Crippen molar-refractivity contribution < 1.29 is 18.0 Å². The standard InChI is InChI=1S/C22H15Cl2NO4S/c1-12(15-9-7-14(23)11-18(15)24)25-22(27)13-6-8-17-20(10-13)30(28,29)19-5-3-2-4-16(19)21(17)26/h2-12H,1H3,(H,25,27). The number of amides is 1. The van der Waals surface area contributed by atoms with Crippen LogP contribution in [0.25, 0.3) is 0 Å². The Kier molecular flexibility index (Phi) is 5.18. The summed E-state index contributed by atoms with van der Waals surface area (Å²) in [7, 11) is -3.92. The summed E-state index contributed by atoms with van der Waals surface area (Å²) in [5.41, 5.74) is 0.984. The molecule has 30 heavy (non-hydrogen) atoms. The molecule has 0 bridgehead atoms. The molecule has 0 saturated carbocycles. The van der Waals surface area contributed by atoms with Crippen LogP contribution in [0.5, 0.6) is 0 Å². The first kappa shape index (κ1) is 20.6. The van der Waals surface area contributed by atoms with Crippen LogP contribution in [0.15, 0.2) is 70.5 Å². The van der Waals surface area contributed by atoms with Crippen LogP contribution in [-0.4, -0.2) is 20.1 Å². The molecule has 0 aliphatic carbocycles. The maximum atomic E-state index is 13.0. The summed E-state index contributed by atoms with van der Waals surface area (Å²) < 4.78 is 26.0. The van der Waals surface area contributed by atoms with Gasteiger partial charge in [0, 0.05) is 26.7 Å². The molecule has 0 radical (unpaired) electrons. The van der Waals surface area contributed by atoms with E-state index in [1.165, 1.54) is 30.3 Å². The third-order valence-electron chi connectivity index (χ3n) is 4.98. The lowest BCUT2D eigenvalue weighted by molar-refractivity contribution is 0.0938. The minimum absolute atomic E-state index is 0.0543. The fourth-order valence-corrected chi connectivity index (χ4v) is 5.69. The van der Waals surface area contributed by atoms with Gasteiger partial charge in [-0.05, 0) is 55.0 Å². The van der Waals surface area contributed by atoms with Crippen LogP contribution < -0.4 is 5.32 Å². The lowest BCUT2D eigenvalue weighted by atomic mass is 10.0. The highest BCUT2D eigenvalue weighted by molar-refractivity contribution is 7.91. The molecule has 1 heterocycles. The highest BCUT2D eigenvalue weighted by Crippen LogP contribution is 2.35. The first-order chi connectivity index (χ1) is 14.2. The zero-order valence-electron chi connectivity index (χ0n) is 15.6. The number of carbonyl (C=O) groups excluding carboxylic acids is 2. The minimum Gasteiger partial charge on any atom is -0.345 e. The van der Waals surface area contributed by atoms with Crippen LogP contribution >= 0.6 is 23.2 Å². The average molecular weight is 460 g/mol. The predicted octanol–water partition coefficient (Wildman–Crippen LogP) is 4.86. The molecule has 0 fully saturated rings. The number of hydrogen-bond acceptors (Lipinski definition) is 4. The van der Waals surface area contributed by atoms with E-state index in [1.54, 1.807) is 37.3 Å². The van der Waals surface area contributed by atoms with Crippen LogP contribution in [-0.2, 0) is 9.84 Å². The molecule has 0 saturated heterocycles. The van der Waals surface area contributed by atoms with Crippen LogP contribution in [0.1, 0.15) is 44.8 Å². The van der Waals surface area contributed by atoms with E-state index < -0.39 is 21.8 Å². The fourth-order valence-electron chi connectivity index (χ4n) is 3.44. The van der Waals surface area contributed by atoms with E-state index in [2.05, 4.69) is 5.32 Å². The second-order valence-electron chi connectivity index (χ2n) is 6.90. The molecule has 8 heteroatoms. The zero-order chi connectivity index (χ0) is 21.6. The Balaban J connectivity index is 1.68. The van der Waals surface area contributed by atoms with Gasteiger partial charge in [-0.3, -0.25) is 9.59 Å². The normalized spacial score (nSPS) is 15.1. The Morgan fingerprint density at radius 3 is 2.37 bits per heavy atom. The van der Waals surface area contributed by atoms with Gasteiger partial charge in [0.1, 0.15) is 0 Å². The van der Waals surface area contributed by atoms with Crippen molar-refractivity contribution in [2.75, 3.05) is 0 Å². The van der Waals surface area contributed by atoms with Gasteiger partial charge in [-0.25, -0.2) is 8.42 Å². The summed E-state index contributed by atoms with van der Waals surface area (Å²) >= 11 is 12.1. The molecule has 3 aromatic carbocycles. The van der Waals surface area contributed by atoms with Crippen molar-refractivity contribution in [3.8, 4) is 0 Å². The van der Waals surface area contributed by atoms with E-state index in [9.17, 15) is 18.0 Å². The van der Waals surface area contributed by atoms with Gasteiger partial charge in [-0.15, -0.1) is 0 Å². The first-order valence-corrected chi connectivity index (χ1v) is 11.2. The number of sulfone groups is 1. The van der Waals surface area contributed by atoms with Crippen molar-refractivity contribution in [1.29, 1.82) is 0 Å². The summed E-state index contributed by atoms with van der Waals surface area (Å²) in [6.45, 7) is 1.75. The SMILES string of the molecule is CC(NC(=O)c1ccc2c(c1)S(=O)(=O)c1ccccc1C2=O)c1ccc(Cl)cc1Cl. The summed E-state index contributed by atoms with van der Waals surface area (Å²) in [4.78, 5) is 25.3. The Labute approximate surface area is 183 Å². The number of ketones is 1. The maximum Gasteiger partial charge on any atom is 0.251 e. The molecule has 4 rings (SSSR count). The maximum absolute atomic E-state index is 13.0. The third-order valence-corrected chi connectivity index (χ3v) is 7.39. The van der Waals surface area contributed by atoms with Gasteiger partial charge in [0.25, 0.3) is 5.91 Å². The smallest absolute Gasteiger partial charge is 0.251 e. The van der Waals surface area contributed by atoms with Crippen molar-refractivity contribution in [3.63, 3.8) is 0 Å². The van der Waals surface area contributed by atoms with Crippen LogP contribution in [0, 0.1) is 0 Å². The quantitative estimate of drug-likeness (QED) is 0.474. The number of hydrogen-bond donors (Lipinski definition) is 1. The van der Waals surface area contributed by atoms with Gasteiger partial charge in [0.15, 0.2) is 5.78 Å². The molecule has 1 unspecified atom stereocenters. The lowest BCUT2D eigenvalue weighted by Crippen LogP contribution is -2.28. The second kappa shape index (κ2) is 7.54. The number of fused-ring (bicyclic) bond motifs is 2. The number of rotatable bonds is 3. The van der Waals surface area contributed by atoms with E-state index in [4.69, 9.17) is 23.2 Å². The summed E-state index contributed by atoms with van der Waals surface area (Å²) in [5, 5.41) is 3.68. The average Bonchev–Trinajstić information content (AvgIpc) is 2.72. The van der Waals surface area contributed by atoms with Gasteiger partial charge in [0.05, 0.1) is 15.8 Å². The van der Waals surface area contributed by atoms with Crippen molar-refractivity contribution in [2.45, 2.75) is 22.8 Å². The Hall–Kier alpha value is -2.67. The summed E-state index contributed by atoms with van der Waals surface area (Å²) in [6, 6.07) is 14.6. The van der Waals surface area contributed by atoms with E-state index >= 15 is 0 Å². The third kappa shape index (κ3) is 3.41. The predicted molar refractivity (Wildman–Crippen MR) is 114 cm³/mol. The van der Waals surface area contributed by atoms with Crippen molar-refractivity contribution in [3.05, 3.63) is 93.0 Å². The van der Waals surface area contributed by atoms with Gasteiger partial charge < -0.3 is 5.32 Å². The van der Waals surface area contributed by atoms with Crippen molar-refractivity contribution in [1.82, 2.24) is 5.32 Å². The van der Waals surface area contributed by atoms with Crippen molar-refractivity contribution in [2.24, 2.45) is 0 Å². The molecule has 0 spiro atoms. The van der Waals surface area contributed by atoms with Gasteiger partial charge in [0.2, 0.25) is 9.84 Å². The van der Waals surface area contributed by atoms with E-state index in [1.807, 2.05) is 0 Å². The largest absolute Gasteiger partial charge is 0.345 e. The van der Waals surface area contributed by atoms with Crippen molar-refractivity contribution >= 4 is 44.7 Å². The van der Waals surface area contributed by atoms with E-state index in [0.29, 0.717) is 15.6 Å². The van der Waals surface area contributed by atoms with Crippen LogP contribution in [0.4, 0.5) is 0 Å². The Bertz CT molecular complexity index is 1320. The molecule has 3 aromatic rings. The summed E-state index contributed by atoms with van der Waals surface area (Å²) in [6.07, 6.45) is 0. The molecular weight excluding hydrogens is 445 g/mol. The van der Waals surface area contributed by atoms with Crippen LogP contribution in [0.3, 0.4) is 0 Å². The molecule has 1 amide bonds. The second-order valence-corrected chi connectivity index (χ2v) is 9.63.